The molecule has 1 unspecified atom stereocenters. The Morgan fingerprint density at radius 2 is 1.89 bits per heavy atom. The number of benzene rings is 1. The highest BCUT2D eigenvalue weighted by atomic mass is 19.1. The van der Waals surface area contributed by atoms with Crippen molar-refractivity contribution in [3.05, 3.63) is 47.7 Å². The molecule has 1 heterocycles. The van der Waals surface area contributed by atoms with Crippen molar-refractivity contribution >= 4 is 11.5 Å². The zero-order chi connectivity index (χ0) is 13.1. The van der Waals surface area contributed by atoms with Gasteiger partial charge in [-0.25, -0.2) is 14.4 Å². The van der Waals surface area contributed by atoms with Crippen LogP contribution in [0.1, 0.15) is 24.2 Å². The first-order valence-corrected chi connectivity index (χ1v) is 5.67. The molecule has 2 rings (SSSR count). The van der Waals surface area contributed by atoms with Crippen molar-refractivity contribution in [1.82, 2.24) is 9.97 Å². The molecular formula is C13H15FN4. The lowest BCUT2D eigenvalue weighted by Gasteiger charge is -2.15. The lowest BCUT2D eigenvalue weighted by molar-refractivity contribution is 0.602. The van der Waals surface area contributed by atoms with E-state index < -0.39 is 5.82 Å². The van der Waals surface area contributed by atoms with E-state index in [9.17, 15) is 4.39 Å². The smallest absolute Gasteiger partial charge is 0.186 e. The van der Waals surface area contributed by atoms with Crippen LogP contribution in [0, 0.1) is 12.7 Å². The Balaban J connectivity index is 2.18. The zero-order valence-electron chi connectivity index (χ0n) is 10.3. The normalized spacial score (nSPS) is 12.2. The average molecular weight is 246 g/mol. The number of nitrogen functional groups attached to an aromatic ring is 1. The van der Waals surface area contributed by atoms with Crippen LogP contribution in [0.5, 0.6) is 0 Å². The summed E-state index contributed by atoms with van der Waals surface area (Å²) in [6.45, 7) is 3.54. The van der Waals surface area contributed by atoms with Crippen LogP contribution in [-0.4, -0.2) is 9.97 Å². The van der Waals surface area contributed by atoms with Gasteiger partial charge in [-0.15, -0.1) is 0 Å². The number of nitrogens with zero attached hydrogens (tertiary/aromatic N) is 2. The van der Waals surface area contributed by atoms with E-state index in [-0.39, 0.29) is 11.9 Å². The van der Waals surface area contributed by atoms with E-state index in [2.05, 4.69) is 15.3 Å². The molecule has 0 aliphatic carbocycles. The van der Waals surface area contributed by atoms with Crippen molar-refractivity contribution in [3.63, 3.8) is 0 Å². The number of halogens is 1. The highest BCUT2D eigenvalue weighted by Crippen LogP contribution is 2.21. The second-order valence-corrected chi connectivity index (χ2v) is 4.15. The fraction of sp³-hybridized carbons (Fsp3) is 0.231. The van der Waals surface area contributed by atoms with E-state index in [1.807, 2.05) is 31.2 Å². The standard InChI is InChI=1S/C13H15FN4/c1-8(10-3-5-11(15)6-4-10)18-13-12(14)9(2)16-7-17-13/h3-8H,15H2,1-2H3,(H,16,17,18). The van der Waals surface area contributed by atoms with Crippen molar-refractivity contribution in [1.29, 1.82) is 0 Å². The summed E-state index contributed by atoms with van der Waals surface area (Å²) in [6, 6.07) is 7.37. The van der Waals surface area contributed by atoms with Gasteiger partial charge < -0.3 is 11.1 Å². The van der Waals surface area contributed by atoms with Gasteiger partial charge in [-0.1, -0.05) is 12.1 Å². The van der Waals surface area contributed by atoms with Gasteiger partial charge >= 0.3 is 0 Å². The molecule has 2 aromatic rings. The van der Waals surface area contributed by atoms with E-state index in [1.54, 1.807) is 6.92 Å². The van der Waals surface area contributed by atoms with Crippen molar-refractivity contribution in [3.8, 4) is 0 Å². The van der Waals surface area contributed by atoms with Crippen LogP contribution in [-0.2, 0) is 0 Å². The number of nitrogens with two attached hydrogens (primary N) is 1. The van der Waals surface area contributed by atoms with Crippen molar-refractivity contribution in [2.75, 3.05) is 11.1 Å². The average Bonchev–Trinajstić information content (AvgIpc) is 2.36. The Hall–Kier alpha value is -2.17. The van der Waals surface area contributed by atoms with Crippen molar-refractivity contribution < 1.29 is 4.39 Å². The molecule has 3 N–H and O–H groups in total. The van der Waals surface area contributed by atoms with Crippen LogP contribution in [0.2, 0.25) is 0 Å². The number of hydrogen-bond donors (Lipinski definition) is 2. The lowest BCUT2D eigenvalue weighted by atomic mass is 10.1. The topological polar surface area (TPSA) is 63.8 Å². The third-order valence-corrected chi connectivity index (χ3v) is 2.75. The number of rotatable bonds is 3. The maximum atomic E-state index is 13.7. The quantitative estimate of drug-likeness (QED) is 0.817. The number of aromatic nitrogens is 2. The second kappa shape index (κ2) is 5.00. The third kappa shape index (κ3) is 2.56. The fourth-order valence-electron chi connectivity index (χ4n) is 1.63. The molecule has 0 spiro atoms. The molecule has 0 amide bonds. The van der Waals surface area contributed by atoms with E-state index in [0.29, 0.717) is 11.4 Å². The minimum Gasteiger partial charge on any atom is -0.399 e. The molecule has 4 nitrogen and oxygen atoms in total. The Labute approximate surface area is 105 Å². The Kier molecular flexibility index (Phi) is 3.41. The number of hydrogen-bond acceptors (Lipinski definition) is 4. The van der Waals surface area contributed by atoms with E-state index >= 15 is 0 Å². The van der Waals surface area contributed by atoms with Gasteiger partial charge in [0.15, 0.2) is 11.6 Å². The molecule has 0 fully saturated rings. The van der Waals surface area contributed by atoms with Crippen LogP contribution < -0.4 is 11.1 Å². The minimum atomic E-state index is -0.417. The minimum absolute atomic E-state index is 0.0607. The Morgan fingerprint density at radius 3 is 2.56 bits per heavy atom. The molecular weight excluding hydrogens is 231 g/mol. The monoisotopic (exact) mass is 246 g/mol. The Bertz CT molecular complexity index is 539. The summed E-state index contributed by atoms with van der Waals surface area (Å²) in [5, 5.41) is 3.02. The number of anilines is 2. The lowest BCUT2D eigenvalue weighted by Crippen LogP contribution is -2.10. The molecule has 0 aliphatic heterocycles. The maximum absolute atomic E-state index is 13.7. The molecule has 0 bridgehead atoms. The van der Waals surface area contributed by atoms with Crippen LogP contribution >= 0.6 is 0 Å². The van der Waals surface area contributed by atoms with Crippen LogP contribution in [0.3, 0.4) is 0 Å². The first-order chi connectivity index (χ1) is 8.58. The molecule has 0 saturated heterocycles. The molecule has 0 saturated carbocycles. The second-order valence-electron chi connectivity index (χ2n) is 4.15. The predicted molar refractivity (Wildman–Crippen MR) is 69.6 cm³/mol. The highest BCUT2D eigenvalue weighted by molar-refractivity contribution is 5.44. The molecule has 5 heteroatoms. The molecule has 18 heavy (non-hydrogen) atoms. The largest absolute Gasteiger partial charge is 0.399 e. The molecule has 0 radical (unpaired) electrons. The molecule has 1 aromatic heterocycles. The zero-order valence-corrected chi connectivity index (χ0v) is 10.3. The molecule has 1 aromatic carbocycles. The summed E-state index contributed by atoms with van der Waals surface area (Å²) in [7, 11) is 0. The predicted octanol–water partition coefficient (Wildman–Crippen LogP) is 2.68. The van der Waals surface area contributed by atoms with Crippen LogP contribution in [0.4, 0.5) is 15.9 Å². The van der Waals surface area contributed by atoms with Gasteiger partial charge in [0.1, 0.15) is 6.33 Å². The summed E-state index contributed by atoms with van der Waals surface area (Å²) >= 11 is 0. The summed E-state index contributed by atoms with van der Waals surface area (Å²) < 4.78 is 13.7. The van der Waals surface area contributed by atoms with Crippen LogP contribution in [0.25, 0.3) is 0 Å². The summed E-state index contributed by atoms with van der Waals surface area (Å²) in [6.07, 6.45) is 1.34. The van der Waals surface area contributed by atoms with Gasteiger partial charge in [-0.2, -0.15) is 0 Å². The van der Waals surface area contributed by atoms with E-state index in [4.69, 9.17) is 5.73 Å². The summed E-state index contributed by atoms with van der Waals surface area (Å²) in [5.74, 6) is -0.202. The van der Waals surface area contributed by atoms with Gasteiger partial charge in [0.2, 0.25) is 0 Å². The molecule has 94 valence electrons. The fourth-order valence-corrected chi connectivity index (χ4v) is 1.63. The third-order valence-electron chi connectivity index (χ3n) is 2.75. The van der Waals surface area contributed by atoms with Crippen molar-refractivity contribution in [2.45, 2.75) is 19.9 Å². The van der Waals surface area contributed by atoms with E-state index in [1.165, 1.54) is 6.33 Å². The Morgan fingerprint density at radius 1 is 1.22 bits per heavy atom. The van der Waals surface area contributed by atoms with E-state index in [0.717, 1.165) is 5.56 Å². The van der Waals surface area contributed by atoms with Gasteiger partial charge in [0, 0.05) is 5.69 Å². The van der Waals surface area contributed by atoms with Gasteiger partial charge in [-0.05, 0) is 31.5 Å². The van der Waals surface area contributed by atoms with Crippen LogP contribution in [0.15, 0.2) is 30.6 Å². The first kappa shape index (κ1) is 12.3. The van der Waals surface area contributed by atoms with Crippen molar-refractivity contribution in [2.24, 2.45) is 0 Å². The maximum Gasteiger partial charge on any atom is 0.186 e. The van der Waals surface area contributed by atoms with Gasteiger partial charge in [0.05, 0.1) is 11.7 Å². The molecule has 1 atom stereocenters. The van der Waals surface area contributed by atoms with Gasteiger partial charge in [0.25, 0.3) is 0 Å². The first-order valence-electron chi connectivity index (χ1n) is 5.67. The van der Waals surface area contributed by atoms with Gasteiger partial charge in [-0.3, -0.25) is 0 Å². The molecule has 0 aliphatic rings. The summed E-state index contributed by atoms with van der Waals surface area (Å²) in [4.78, 5) is 7.69. The number of aryl methyl sites for hydroxylation is 1. The highest BCUT2D eigenvalue weighted by Gasteiger charge is 2.11. The SMILES string of the molecule is Cc1ncnc(NC(C)c2ccc(N)cc2)c1F. The summed E-state index contributed by atoms with van der Waals surface area (Å²) in [5.41, 5.74) is 7.67. The number of nitrogens with one attached hydrogen (secondary N) is 1.